The Morgan fingerprint density at radius 2 is 2.00 bits per heavy atom. The van der Waals surface area contributed by atoms with Gasteiger partial charge >= 0.3 is 0 Å². The predicted molar refractivity (Wildman–Crippen MR) is 67.5 cm³/mol. The van der Waals surface area contributed by atoms with E-state index in [-0.39, 0.29) is 11.7 Å². The lowest BCUT2D eigenvalue weighted by molar-refractivity contribution is -0.117. The maximum atomic E-state index is 11.8. The van der Waals surface area contributed by atoms with Crippen LogP contribution in [0.5, 0.6) is 0 Å². The molecule has 0 atom stereocenters. The highest BCUT2D eigenvalue weighted by molar-refractivity contribution is 6.01. The van der Waals surface area contributed by atoms with Crippen molar-refractivity contribution in [2.24, 2.45) is 0 Å². The molecule has 1 saturated heterocycles. The minimum absolute atomic E-state index is 0.0547. The number of nitrogens with zero attached hydrogens (tertiary/aromatic N) is 1. The van der Waals surface area contributed by atoms with Crippen molar-refractivity contribution in [3.05, 3.63) is 28.8 Å². The van der Waals surface area contributed by atoms with Gasteiger partial charge in [-0.1, -0.05) is 0 Å². The Balaban J connectivity index is 2.53. The number of anilines is 1. The van der Waals surface area contributed by atoms with Gasteiger partial charge in [0.25, 0.3) is 0 Å². The standard InChI is InChI=1S/C14H17NO2/c1-9-7-12(11(3)16)10(2)13(8-9)15-6-4-5-14(15)17/h7-8H,4-6H2,1-3H3. The third-order valence-corrected chi connectivity index (χ3v) is 3.27. The van der Waals surface area contributed by atoms with E-state index in [4.69, 9.17) is 0 Å². The molecule has 0 aliphatic carbocycles. The second-order valence-corrected chi connectivity index (χ2v) is 4.66. The molecule has 0 saturated carbocycles. The lowest BCUT2D eigenvalue weighted by atomic mass is 10.00. The van der Waals surface area contributed by atoms with E-state index in [0.717, 1.165) is 35.3 Å². The van der Waals surface area contributed by atoms with Crippen molar-refractivity contribution in [2.75, 3.05) is 11.4 Å². The number of hydrogen-bond acceptors (Lipinski definition) is 2. The molecule has 3 nitrogen and oxygen atoms in total. The first-order valence-electron chi connectivity index (χ1n) is 5.93. The Bertz CT molecular complexity index is 491. The minimum atomic E-state index is 0.0547. The Hall–Kier alpha value is -1.64. The van der Waals surface area contributed by atoms with E-state index >= 15 is 0 Å². The molecule has 1 aromatic carbocycles. The maximum absolute atomic E-state index is 11.8. The van der Waals surface area contributed by atoms with E-state index in [9.17, 15) is 9.59 Å². The minimum Gasteiger partial charge on any atom is -0.312 e. The topological polar surface area (TPSA) is 37.4 Å². The summed E-state index contributed by atoms with van der Waals surface area (Å²) in [4.78, 5) is 25.1. The normalized spacial score (nSPS) is 15.5. The number of carbonyl (C=O) groups is 2. The molecular formula is C14H17NO2. The number of hydrogen-bond donors (Lipinski definition) is 0. The quantitative estimate of drug-likeness (QED) is 0.734. The zero-order chi connectivity index (χ0) is 12.6. The Kier molecular flexibility index (Phi) is 3.01. The number of ketones is 1. The first-order chi connectivity index (χ1) is 8.00. The molecule has 1 fully saturated rings. The number of aryl methyl sites for hydroxylation is 1. The van der Waals surface area contributed by atoms with Crippen molar-refractivity contribution < 1.29 is 9.59 Å². The summed E-state index contributed by atoms with van der Waals surface area (Å²) in [6.45, 7) is 6.20. The summed E-state index contributed by atoms with van der Waals surface area (Å²) in [6.07, 6.45) is 1.52. The van der Waals surface area contributed by atoms with Crippen molar-refractivity contribution in [3.63, 3.8) is 0 Å². The van der Waals surface area contributed by atoms with Gasteiger partial charge in [-0.2, -0.15) is 0 Å². The molecule has 1 aromatic rings. The van der Waals surface area contributed by atoms with E-state index in [1.165, 1.54) is 0 Å². The molecule has 17 heavy (non-hydrogen) atoms. The van der Waals surface area contributed by atoms with Crippen LogP contribution >= 0.6 is 0 Å². The van der Waals surface area contributed by atoms with Crippen LogP contribution in [0.3, 0.4) is 0 Å². The predicted octanol–water partition coefficient (Wildman–Crippen LogP) is 2.63. The molecule has 90 valence electrons. The van der Waals surface area contributed by atoms with Crippen LogP contribution in [-0.4, -0.2) is 18.2 Å². The summed E-state index contributed by atoms with van der Waals surface area (Å²) in [7, 11) is 0. The summed E-state index contributed by atoms with van der Waals surface area (Å²) < 4.78 is 0. The van der Waals surface area contributed by atoms with Gasteiger partial charge < -0.3 is 4.90 Å². The SMILES string of the molecule is CC(=O)c1cc(C)cc(N2CCCC2=O)c1C. The fourth-order valence-corrected chi connectivity index (χ4v) is 2.39. The second kappa shape index (κ2) is 4.32. The highest BCUT2D eigenvalue weighted by Crippen LogP contribution is 2.29. The smallest absolute Gasteiger partial charge is 0.227 e. The fraction of sp³-hybridized carbons (Fsp3) is 0.429. The van der Waals surface area contributed by atoms with Crippen LogP contribution in [-0.2, 0) is 4.79 Å². The largest absolute Gasteiger partial charge is 0.312 e. The van der Waals surface area contributed by atoms with Gasteiger partial charge in [0, 0.05) is 24.2 Å². The Labute approximate surface area is 101 Å². The summed E-state index contributed by atoms with van der Waals surface area (Å²) in [5.41, 5.74) is 3.56. The lowest BCUT2D eigenvalue weighted by Crippen LogP contribution is -2.25. The highest BCUT2D eigenvalue weighted by Gasteiger charge is 2.24. The molecule has 0 radical (unpaired) electrons. The first-order valence-corrected chi connectivity index (χ1v) is 5.93. The summed E-state index contributed by atoms with van der Waals surface area (Å²) in [5, 5.41) is 0. The van der Waals surface area contributed by atoms with Crippen LogP contribution in [0.1, 0.15) is 41.3 Å². The number of rotatable bonds is 2. The van der Waals surface area contributed by atoms with Crippen LogP contribution in [0.25, 0.3) is 0 Å². The van der Waals surface area contributed by atoms with Crippen LogP contribution in [0, 0.1) is 13.8 Å². The van der Waals surface area contributed by atoms with Crippen molar-refractivity contribution in [1.29, 1.82) is 0 Å². The molecule has 1 aliphatic heterocycles. The first kappa shape index (κ1) is 11.8. The average molecular weight is 231 g/mol. The summed E-state index contributed by atoms with van der Waals surface area (Å²) in [6, 6.07) is 3.88. The second-order valence-electron chi connectivity index (χ2n) is 4.66. The van der Waals surface area contributed by atoms with Gasteiger partial charge in [0.15, 0.2) is 5.78 Å². The van der Waals surface area contributed by atoms with Crippen LogP contribution < -0.4 is 4.90 Å². The maximum Gasteiger partial charge on any atom is 0.227 e. The monoisotopic (exact) mass is 231 g/mol. The number of benzene rings is 1. The molecule has 0 unspecified atom stereocenters. The summed E-state index contributed by atoms with van der Waals surface area (Å²) in [5.74, 6) is 0.215. The molecule has 0 bridgehead atoms. The molecule has 1 heterocycles. The van der Waals surface area contributed by atoms with Crippen LogP contribution in [0.15, 0.2) is 12.1 Å². The van der Waals surface area contributed by atoms with Gasteiger partial charge in [-0.15, -0.1) is 0 Å². The van der Waals surface area contributed by atoms with Gasteiger partial charge in [-0.3, -0.25) is 9.59 Å². The molecular weight excluding hydrogens is 214 g/mol. The Morgan fingerprint density at radius 3 is 2.53 bits per heavy atom. The third kappa shape index (κ3) is 2.09. The average Bonchev–Trinajstić information content (AvgIpc) is 2.67. The highest BCUT2D eigenvalue weighted by atomic mass is 16.2. The molecule has 0 N–H and O–H groups in total. The van der Waals surface area contributed by atoms with Crippen molar-refractivity contribution >= 4 is 17.4 Å². The molecule has 0 spiro atoms. The molecule has 2 rings (SSSR count). The van der Waals surface area contributed by atoms with Gasteiger partial charge in [-0.25, -0.2) is 0 Å². The van der Waals surface area contributed by atoms with E-state index in [1.807, 2.05) is 26.0 Å². The van der Waals surface area contributed by atoms with E-state index in [2.05, 4.69) is 0 Å². The zero-order valence-corrected chi connectivity index (χ0v) is 10.5. The van der Waals surface area contributed by atoms with E-state index in [1.54, 1.807) is 11.8 Å². The molecule has 1 aliphatic rings. The van der Waals surface area contributed by atoms with Crippen molar-refractivity contribution in [2.45, 2.75) is 33.6 Å². The number of amides is 1. The van der Waals surface area contributed by atoms with E-state index in [0.29, 0.717) is 6.42 Å². The lowest BCUT2D eigenvalue weighted by Gasteiger charge is -2.20. The van der Waals surface area contributed by atoms with Gasteiger partial charge in [0.2, 0.25) is 5.91 Å². The number of Topliss-reactive ketones (excluding diaryl/α,β-unsaturated/α-hetero) is 1. The van der Waals surface area contributed by atoms with Gasteiger partial charge in [-0.05, 0) is 50.5 Å². The van der Waals surface area contributed by atoms with Crippen LogP contribution in [0.4, 0.5) is 5.69 Å². The third-order valence-electron chi connectivity index (χ3n) is 3.27. The summed E-state index contributed by atoms with van der Waals surface area (Å²) >= 11 is 0. The zero-order valence-electron chi connectivity index (χ0n) is 10.5. The molecule has 0 aromatic heterocycles. The van der Waals surface area contributed by atoms with Crippen molar-refractivity contribution in [3.8, 4) is 0 Å². The molecule has 3 heteroatoms. The van der Waals surface area contributed by atoms with Crippen LogP contribution in [0.2, 0.25) is 0 Å². The van der Waals surface area contributed by atoms with E-state index < -0.39 is 0 Å². The van der Waals surface area contributed by atoms with Gasteiger partial charge in [0.05, 0.1) is 0 Å². The van der Waals surface area contributed by atoms with Crippen molar-refractivity contribution in [1.82, 2.24) is 0 Å². The van der Waals surface area contributed by atoms with Gasteiger partial charge in [0.1, 0.15) is 0 Å². The molecule has 1 amide bonds. The Morgan fingerprint density at radius 1 is 1.29 bits per heavy atom. The number of carbonyl (C=O) groups excluding carboxylic acids is 2. The fourth-order valence-electron chi connectivity index (χ4n) is 2.39.